The van der Waals surface area contributed by atoms with E-state index in [1.54, 1.807) is 0 Å². The highest BCUT2D eigenvalue weighted by Gasteiger charge is 2.40. The van der Waals surface area contributed by atoms with Crippen molar-refractivity contribution in [3.05, 3.63) is 41.8 Å². The Morgan fingerprint density at radius 3 is 2.79 bits per heavy atom. The van der Waals surface area contributed by atoms with E-state index in [4.69, 9.17) is 9.15 Å². The monoisotopic (exact) mass is 325 g/mol. The van der Waals surface area contributed by atoms with Crippen molar-refractivity contribution in [3.8, 4) is 11.5 Å². The van der Waals surface area contributed by atoms with Crippen LogP contribution >= 0.6 is 0 Å². The van der Waals surface area contributed by atoms with Crippen LogP contribution in [0.5, 0.6) is 0 Å². The van der Waals surface area contributed by atoms with Crippen LogP contribution in [0.2, 0.25) is 0 Å². The molecule has 0 N–H and O–H groups in total. The first-order chi connectivity index (χ1) is 11.7. The Labute approximate surface area is 142 Å². The molecule has 0 spiro atoms. The Bertz CT molecular complexity index is 722. The minimum absolute atomic E-state index is 0.101. The van der Waals surface area contributed by atoms with Gasteiger partial charge in [-0.25, -0.2) is 4.98 Å². The molecular weight excluding hydrogens is 302 g/mol. The number of esters is 1. The lowest BCUT2D eigenvalue weighted by Gasteiger charge is -2.20. The number of rotatable bonds is 5. The van der Waals surface area contributed by atoms with E-state index in [0.717, 1.165) is 17.4 Å². The van der Waals surface area contributed by atoms with Crippen LogP contribution in [0.4, 0.5) is 0 Å². The molecular formula is C20H23NO3. The van der Waals surface area contributed by atoms with Gasteiger partial charge in [-0.2, -0.15) is 0 Å². The predicted molar refractivity (Wildman–Crippen MR) is 90.0 cm³/mol. The number of nitrogens with zero attached hydrogens (tertiary/aromatic N) is 1. The number of carbonyl (C=O) groups is 1. The van der Waals surface area contributed by atoms with Gasteiger partial charge in [0.2, 0.25) is 5.89 Å². The summed E-state index contributed by atoms with van der Waals surface area (Å²) in [6, 6.07) is 9.76. The fourth-order valence-corrected chi connectivity index (χ4v) is 4.31. The van der Waals surface area contributed by atoms with Gasteiger partial charge in [0.05, 0.1) is 0 Å². The number of oxazole rings is 1. The molecule has 1 aromatic heterocycles. The molecule has 0 amide bonds. The summed E-state index contributed by atoms with van der Waals surface area (Å²) in [7, 11) is 0. The Hall–Kier alpha value is -2.10. The molecule has 126 valence electrons. The molecule has 3 atom stereocenters. The summed E-state index contributed by atoms with van der Waals surface area (Å²) in [4.78, 5) is 16.6. The van der Waals surface area contributed by atoms with Crippen molar-refractivity contribution in [3.63, 3.8) is 0 Å². The number of hydrogen-bond acceptors (Lipinski definition) is 4. The number of hydrogen-bond donors (Lipinski definition) is 0. The van der Waals surface area contributed by atoms with Gasteiger partial charge in [-0.3, -0.25) is 4.79 Å². The van der Waals surface area contributed by atoms with Crippen LogP contribution in [0.3, 0.4) is 0 Å². The summed E-state index contributed by atoms with van der Waals surface area (Å²) in [5, 5.41) is 0. The Kier molecular flexibility index (Phi) is 4.13. The van der Waals surface area contributed by atoms with Gasteiger partial charge in [0.15, 0.2) is 0 Å². The molecule has 2 bridgehead atoms. The molecule has 0 aliphatic heterocycles. The van der Waals surface area contributed by atoms with Gasteiger partial charge >= 0.3 is 5.97 Å². The number of ether oxygens (including phenoxy) is 1. The number of carbonyl (C=O) groups excluding carboxylic acids is 1. The number of benzene rings is 1. The molecule has 1 aromatic carbocycles. The van der Waals surface area contributed by atoms with E-state index in [-0.39, 0.29) is 12.6 Å². The van der Waals surface area contributed by atoms with Gasteiger partial charge in [0.25, 0.3) is 0 Å². The average molecular weight is 325 g/mol. The maximum atomic E-state index is 12.2. The fourth-order valence-electron chi connectivity index (χ4n) is 4.31. The van der Waals surface area contributed by atoms with E-state index in [1.807, 2.05) is 37.3 Å². The highest BCUT2D eigenvalue weighted by Crippen LogP contribution is 2.49. The third-order valence-corrected chi connectivity index (χ3v) is 5.60. The molecule has 3 unspecified atom stereocenters. The van der Waals surface area contributed by atoms with Gasteiger partial charge in [-0.15, -0.1) is 0 Å². The number of aromatic nitrogens is 1. The zero-order chi connectivity index (χ0) is 16.5. The Morgan fingerprint density at radius 1 is 1.25 bits per heavy atom. The summed E-state index contributed by atoms with van der Waals surface area (Å²) >= 11 is 0. The molecule has 2 aliphatic carbocycles. The fraction of sp³-hybridized carbons (Fsp3) is 0.500. The second-order valence-electron chi connectivity index (χ2n) is 7.19. The van der Waals surface area contributed by atoms with Crippen LogP contribution in [0.25, 0.3) is 11.5 Å². The van der Waals surface area contributed by atoms with E-state index in [1.165, 1.54) is 25.7 Å². The molecule has 2 aliphatic rings. The molecule has 24 heavy (non-hydrogen) atoms. The minimum atomic E-state index is -0.101. The van der Waals surface area contributed by atoms with Crippen LogP contribution in [-0.2, 0) is 16.1 Å². The van der Waals surface area contributed by atoms with Crippen molar-refractivity contribution >= 4 is 5.97 Å². The Morgan fingerprint density at radius 2 is 2.08 bits per heavy atom. The molecule has 0 saturated heterocycles. The van der Waals surface area contributed by atoms with Gasteiger partial charge in [-0.05, 0) is 56.1 Å². The van der Waals surface area contributed by atoms with Crippen molar-refractivity contribution < 1.29 is 13.9 Å². The number of fused-ring (bicyclic) bond motifs is 2. The van der Waals surface area contributed by atoms with Crippen molar-refractivity contribution in [2.75, 3.05) is 0 Å². The quantitative estimate of drug-likeness (QED) is 0.758. The third kappa shape index (κ3) is 3.10. The van der Waals surface area contributed by atoms with Crippen LogP contribution in [0.1, 0.15) is 43.6 Å². The van der Waals surface area contributed by atoms with Gasteiger partial charge in [0, 0.05) is 12.0 Å². The summed E-state index contributed by atoms with van der Waals surface area (Å²) in [6.07, 6.45) is 5.74. The molecule has 2 saturated carbocycles. The maximum absolute atomic E-state index is 12.2. The second kappa shape index (κ2) is 6.42. The molecule has 1 heterocycles. The summed E-state index contributed by atoms with van der Waals surface area (Å²) in [6.45, 7) is 2.06. The first-order valence-electron chi connectivity index (χ1n) is 8.86. The highest BCUT2D eigenvalue weighted by molar-refractivity contribution is 5.69. The largest absolute Gasteiger partial charge is 0.459 e. The van der Waals surface area contributed by atoms with Crippen molar-refractivity contribution in [1.29, 1.82) is 0 Å². The van der Waals surface area contributed by atoms with Crippen LogP contribution < -0.4 is 0 Å². The highest BCUT2D eigenvalue weighted by atomic mass is 16.5. The van der Waals surface area contributed by atoms with Gasteiger partial charge in [0.1, 0.15) is 18.1 Å². The molecule has 2 aromatic rings. The van der Waals surface area contributed by atoms with Crippen molar-refractivity contribution in [2.45, 2.75) is 45.6 Å². The lowest BCUT2D eigenvalue weighted by atomic mass is 9.86. The minimum Gasteiger partial charge on any atom is -0.459 e. The summed E-state index contributed by atoms with van der Waals surface area (Å²) in [5.74, 6) is 3.33. The smallest absolute Gasteiger partial charge is 0.306 e. The predicted octanol–water partition coefficient (Wildman–Crippen LogP) is 4.52. The summed E-state index contributed by atoms with van der Waals surface area (Å²) in [5.41, 5.74) is 1.63. The first kappa shape index (κ1) is 15.4. The zero-order valence-electron chi connectivity index (χ0n) is 14.0. The lowest BCUT2D eigenvalue weighted by Crippen LogP contribution is -2.17. The van der Waals surface area contributed by atoms with E-state index < -0.39 is 0 Å². The van der Waals surface area contributed by atoms with Crippen LogP contribution in [0, 0.1) is 24.7 Å². The van der Waals surface area contributed by atoms with Gasteiger partial charge < -0.3 is 9.15 Å². The van der Waals surface area contributed by atoms with E-state index in [0.29, 0.717) is 29.7 Å². The maximum Gasteiger partial charge on any atom is 0.306 e. The van der Waals surface area contributed by atoms with Gasteiger partial charge in [-0.1, -0.05) is 24.6 Å². The third-order valence-electron chi connectivity index (χ3n) is 5.60. The van der Waals surface area contributed by atoms with E-state index in [2.05, 4.69) is 4.98 Å². The molecule has 4 nitrogen and oxygen atoms in total. The van der Waals surface area contributed by atoms with Crippen LogP contribution in [0.15, 0.2) is 34.7 Å². The summed E-state index contributed by atoms with van der Waals surface area (Å²) < 4.78 is 11.2. The SMILES string of the molecule is Cc1oc(-c2ccccc2)nc1COC(=O)CC1CC2CCC1C2. The standard InChI is InChI=1S/C20H23NO3/c1-13-18(21-20(24-13)15-5-3-2-4-6-15)12-23-19(22)11-17-10-14-7-8-16(17)9-14/h2-6,14,16-17H,7-12H2,1H3. The first-order valence-corrected chi connectivity index (χ1v) is 8.86. The molecule has 0 radical (unpaired) electrons. The molecule has 4 heteroatoms. The van der Waals surface area contributed by atoms with Crippen molar-refractivity contribution in [2.24, 2.45) is 17.8 Å². The van der Waals surface area contributed by atoms with E-state index in [9.17, 15) is 4.79 Å². The van der Waals surface area contributed by atoms with Crippen LogP contribution in [-0.4, -0.2) is 11.0 Å². The average Bonchev–Trinajstić information content (AvgIpc) is 3.29. The number of aryl methyl sites for hydroxylation is 1. The van der Waals surface area contributed by atoms with E-state index >= 15 is 0 Å². The topological polar surface area (TPSA) is 52.3 Å². The lowest BCUT2D eigenvalue weighted by molar-refractivity contribution is -0.146. The zero-order valence-corrected chi connectivity index (χ0v) is 14.0. The normalized spacial score (nSPS) is 25.1. The molecule has 2 fully saturated rings. The second-order valence-corrected chi connectivity index (χ2v) is 7.19. The molecule has 4 rings (SSSR count). The Balaban J connectivity index is 1.34. The van der Waals surface area contributed by atoms with Crippen molar-refractivity contribution in [1.82, 2.24) is 4.98 Å².